The first-order valence-corrected chi connectivity index (χ1v) is 6.40. The van der Waals surface area contributed by atoms with Gasteiger partial charge in [-0.2, -0.15) is 4.98 Å². The molecule has 1 heterocycles. The van der Waals surface area contributed by atoms with Crippen LogP contribution in [0.3, 0.4) is 0 Å². The normalized spacial score (nSPS) is 17.1. The molecule has 0 aliphatic heterocycles. The van der Waals surface area contributed by atoms with Gasteiger partial charge in [0, 0.05) is 0 Å². The van der Waals surface area contributed by atoms with Gasteiger partial charge in [0.2, 0.25) is 5.88 Å². The van der Waals surface area contributed by atoms with Gasteiger partial charge in [-0.05, 0) is 32.6 Å². The molecule has 0 aromatic carbocycles. The van der Waals surface area contributed by atoms with Crippen LogP contribution in [0, 0.1) is 19.8 Å². The van der Waals surface area contributed by atoms with E-state index in [-0.39, 0.29) is 0 Å². The minimum atomic E-state index is 0.524. The number of aryl methyl sites for hydroxylation is 1. The molecule has 1 aromatic rings. The number of nitrogens with two attached hydrogens (primary N) is 1. The highest BCUT2D eigenvalue weighted by atomic mass is 16.5. The van der Waals surface area contributed by atoms with Gasteiger partial charge in [0.25, 0.3) is 0 Å². The number of nitrogen functional groups attached to an aromatic ring is 1. The van der Waals surface area contributed by atoms with E-state index < -0.39 is 0 Å². The third kappa shape index (κ3) is 3.08. The fraction of sp³-hybridized carbons (Fsp3) is 0.692. The van der Waals surface area contributed by atoms with Crippen LogP contribution >= 0.6 is 0 Å². The van der Waals surface area contributed by atoms with Gasteiger partial charge in [-0.15, -0.1) is 0 Å². The predicted molar refractivity (Wildman–Crippen MR) is 68.0 cm³/mol. The maximum absolute atomic E-state index is 5.81. The lowest BCUT2D eigenvalue weighted by Crippen LogP contribution is -2.16. The first-order chi connectivity index (χ1) is 8.16. The molecule has 2 N–H and O–H groups in total. The zero-order valence-corrected chi connectivity index (χ0v) is 10.7. The molecule has 0 amide bonds. The molecule has 0 unspecified atom stereocenters. The van der Waals surface area contributed by atoms with Crippen molar-refractivity contribution in [1.82, 2.24) is 9.97 Å². The van der Waals surface area contributed by atoms with Crippen molar-refractivity contribution in [1.29, 1.82) is 0 Å². The molecule has 17 heavy (non-hydrogen) atoms. The number of anilines is 1. The van der Waals surface area contributed by atoms with Gasteiger partial charge in [0.15, 0.2) is 0 Å². The number of hydrogen-bond acceptors (Lipinski definition) is 4. The second-order valence-corrected chi connectivity index (χ2v) is 4.90. The van der Waals surface area contributed by atoms with Crippen LogP contribution < -0.4 is 10.5 Å². The molecular weight excluding hydrogens is 214 g/mol. The van der Waals surface area contributed by atoms with Crippen molar-refractivity contribution in [2.75, 3.05) is 12.3 Å². The van der Waals surface area contributed by atoms with Crippen molar-refractivity contribution in [2.24, 2.45) is 5.92 Å². The quantitative estimate of drug-likeness (QED) is 0.874. The van der Waals surface area contributed by atoms with Gasteiger partial charge in [0.1, 0.15) is 11.6 Å². The summed E-state index contributed by atoms with van der Waals surface area (Å²) in [7, 11) is 0. The largest absolute Gasteiger partial charge is 0.477 e. The van der Waals surface area contributed by atoms with E-state index in [1.807, 2.05) is 13.8 Å². The average Bonchev–Trinajstić information content (AvgIpc) is 2.33. The Morgan fingerprint density at radius 2 is 1.88 bits per heavy atom. The van der Waals surface area contributed by atoms with E-state index in [1.54, 1.807) is 0 Å². The molecule has 2 rings (SSSR count). The first kappa shape index (κ1) is 12.1. The van der Waals surface area contributed by atoms with Crippen LogP contribution in [0.2, 0.25) is 0 Å². The lowest BCUT2D eigenvalue weighted by atomic mass is 9.90. The van der Waals surface area contributed by atoms with Gasteiger partial charge in [0.05, 0.1) is 12.2 Å². The van der Waals surface area contributed by atoms with Crippen molar-refractivity contribution < 1.29 is 4.74 Å². The molecule has 4 nitrogen and oxygen atoms in total. The highest BCUT2D eigenvalue weighted by Gasteiger charge is 2.15. The summed E-state index contributed by atoms with van der Waals surface area (Å²) in [4.78, 5) is 8.42. The van der Waals surface area contributed by atoms with E-state index >= 15 is 0 Å². The van der Waals surface area contributed by atoms with Crippen molar-refractivity contribution in [3.05, 3.63) is 11.4 Å². The number of hydrogen-bond donors (Lipinski definition) is 1. The molecule has 0 radical (unpaired) electrons. The Kier molecular flexibility index (Phi) is 3.82. The molecule has 0 spiro atoms. The monoisotopic (exact) mass is 235 g/mol. The van der Waals surface area contributed by atoms with Crippen LogP contribution in [-0.4, -0.2) is 16.6 Å². The summed E-state index contributed by atoms with van der Waals surface area (Å²) >= 11 is 0. The lowest BCUT2D eigenvalue weighted by Gasteiger charge is -2.21. The molecular formula is C13H21N3O. The van der Waals surface area contributed by atoms with E-state index in [4.69, 9.17) is 10.5 Å². The summed E-state index contributed by atoms with van der Waals surface area (Å²) in [6, 6.07) is 0. The summed E-state index contributed by atoms with van der Waals surface area (Å²) in [6.45, 7) is 4.50. The zero-order chi connectivity index (χ0) is 12.3. The van der Waals surface area contributed by atoms with Crippen LogP contribution in [0.25, 0.3) is 0 Å². The molecule has 1 saturated carbocycles. The van der Waals surface area contributed by atoms with Gasteiger partial charge >= 0.3 is 0 Å². The van der Waals surface area contributed by atoms with Crippen LogP contribution in [0.1, 0.15) is 43.5 Å². The second-order valence-electron chi connectivity index (χ2n) is 4.90. The molecule has 1 aliphatic rings. The standard InChI is InChI=1S/C13H21N3O/c1-9-12(14)15-10(2)16-13(9)17-8-11-6-4-3-5-7-11/h11H,3-8H2,1-2H3,(H2,14,15,16). The topological polar surface area (TPSA) is 61.0 Å². The summed E-state index contributed by atoms with van der Waals surface area (Å²) in [6.07, 6.45) is 6.59. The zero-order valence-electron chi connectivity index (χ0n) is 10.7. The molecule has 0 bridgehead atoms. The summed E-state index contributed by atoms with van der Waals surface area (Å²) < 4.78 is 5.81. The fourth-order valence-corrected chi connectivity index (χ4v) is 2.31. The summed E-state index contributed by atoms with van der Waals surface area (Å²) in [5.41, 5.74) is 6.65. The smallest absolute Gasteiger partial charge is 0.221 e. The fourth-order valence-electron chi connectivity index (χ4n) is 2.31. The molecule has 1 aromatic heterocycles. The van der Waals surface area contributed by atoms with Crippen LogP contribution in [0.4, 0.5) is 5.82 Å². The van der Waals surface area contributed by atoms with E-state index in [1.165, 1.54) is 32.1 Å². The number of ether oxygens (including phenoxy) is 1. The minimum Gasteiger partial charge on any atom is -0.477 e. The Bertz CT molecular complexity index is 386. The highest BCUT2D eigenvalue weighted by Crippen LogP contribution is 2.25. The number of aromatic nitrogens is 2. The second kappa shape index (κ2) is 5.34. The van der Waals surface area contributed by atoms with E-state index in [0.29, 0.717) is 23.4 Å². The SMILES string of the molecule is Cc1nc(N)c(C)c(OCC2CCCCC2)n1. The number of nitrogens with zero attached hydrogens (tertiary/aromatic N) is 2. The van der Waals surface area contributed by atoms with Gasteiger partial charge in [-0.1, -0.05) is 19.3 Å². The van der Waals surface area contributed by atoms with Crippen LogP contribution in [-0.2, 0) is 0 Å². The van der Waals surface area contributed by atoms with Crippen LogP contribution in [0.15, 0.2) is 0 Å². The van der Waals surface area contributed by atoms with Crippen LogP contribution in [0.5, 0.6) is 5.88 Å². The van der Waals surface area contributed by atoms with Crippen molar-refractivity contribution >= 4 is 5.82 Å². The van der Waals surface area contributed by atoms with Gasteiger partial charge < -0.3 is 10.5 Å². The van der Waals surface area contributed by atoms with Gasteiger partial charge in [-0.25, -0.2) is 4.98 Å². The predicted octanol–water partition coefficient (Wildman–Crippen LogP) is 2.63. The van der Waals surface area contributed by atoms with Crippen molar-refractivity contribution in [3.63, 3.8) is 0 Å². The molecule has 94 valence electrons. The van der Waals surface area contributed by atoms with E-state index in [2.05, 4.69) is 9.97 Å². The van der Waals surface area contributed by atoms with Crippen molar-refractivity contribution in [3.8, 4) is 5.88 Å². The third-order valence-electron chi connectivity index (χ3n) is 3.43. The Morgan fingerprint density at radius 3 is 2.59 bits per heavy atom. The Hall–Kier alpha value is -1.32. The van der Waals surface area contributed by atoms with Gasteiger partial charge in [-0.3, -0.25) is 0 Å². The third-order valence-corrected chi connectivity index (χ3v) is 3.43. The lowest BCUT2D eigenvalue weighted by molar-refractivity contribution is 0.201. The Balaban J connectivity index is 1.98. The maximum atomic E-state index is 5.81. The molecule has 0 saturated heterocycles. The van der Waals surface area contributed by atoms with Crippen molar-refractivity contribution in [2.45, 2.75) is 46.0 Å². The molecule has 1 fully saturated rings. The molecule has 0 atom stereocenters. The summed E-state index contributed by atoms with van der Waals surface area (Å²) in [5, 5.41) is 0. The molecule has 1 aliphatic carbocycles. The minimum absolute atomic E-state index is 0.524. The highest BCUT2D eigenvalue weighted by molar-refractivity contribution is 5.44. The maximum Gasteiger partial charge on any atom is 0.221 e. The Labute approximate surface area is 103 Å². The van der Waals surface area contributed by atoms with E-state index in [0.717, 1.165) is 12.2 Å². The summed E-state index contributed by atoms with van der Waals surface area (Å²) in [5.74, 6) is 2.53. The van der Waals surface area contributed by atoms with E-state index in [9.17, 15) is 0 Å². The number of rotatable bonds is 3. The first-order valence-electron chi connectivity index (χ1n) is 6.40. The Morgan fingerprint density at radius 1 is 1.18 bits per heavy atom. The average molecular weight is 235 g/mol. The molecule has 4 heteroatoms.